The fourth-order valence-corrected chi connectivity index (χ4v) is 0. The van der Waals surface area contributed by atoms with E-state index in [4.69, 9.17) is 10.5 Å². The van der Waals surface area contributed by atoms with Crippen molar-refractivity contribution >= 4 is 37.7 Å². The molecule has 0 aliphatic carbocycles. The van der Waals surface area contributed by atoms with Gasteiger partial charge in [-0.1, -0.05) is 0 Å². The molecule has 4 radical (unpaired) electrons. The summed E-state index contributed by atoms with van der Waals surface area (Å²) < 4.78 is 0. The van der Waals surface area contributed by atoms with E-state index in [1.807, 2.05) is 0 Å². The van der Waals surface area contributed by atoms with E-state index in [0.717, 1.165) is 0 Å². The fourth-order valence-electron chi connectivity index (χ4n) is 0. The molecule has 0 spiro atoms. The molecular formula is H9CaMn4O5+3. The van der Waals surface area contributed by atoms with E-state index >= 15 is 0 Å². The van der Waals surface area contributed by atoms with Gasteiger partial charge in [0, 0.05) is 68.3 Å². The van der Waals surface area contributed by atoms with Crippen LogP contribution in [0.1, 0.15) is 0 Å². The van der Waals surface area contributed by atoms with Crippen LogP contribution >= 0.6 is 0 Å². The van der Waals surface area contributed by atoms with Gasteiger partial charge in [-0.15, -0.1) is 5.26 Å². The molecule has 0 rings (SSSR count). The summed E-state index contributed by atoms with van der Waals surface area (Å²) in [5.41, 5.74) is 0. The Kier molecular flexibility index (Phi) is 1730. The van der Waals surface area contributed by atoms with Crippen LogP contribution in [0.25, 0.3) is 0 Å². The first-order valence-electron chi connectivity index (χ1n) is 0.224. The van der Waals surface area contributed by atoms with Gasteiger partial charge >= 0.3 is 37.7 Å². The van der Waals surface area contributed by atoms with Gasteiger partial charge < -0.3 is 16.4 Å². The monoisotopic (exact) mass is 349 g/mol. The summed E-state index contributed by atoms with van der Waals surface area (Å²) in [6.45, 7) is 0. The van der Waals surface area contributed by atoms with Crippen molar-refractivity contribution in [2.75, 3.05) is 0 Å². The Morgan fingerprint density at radius 2 is 0.600 bits per heavy atom. The Morgan fingerprint density at radius 1 is 0.600 bits per heavy atom. The van der Waals surface area contributed by atoms with Gasteiger partial charge in [-0.25, -0.2) is 0 Å². The third-order valence-corrected chi connectivity index (χ3v) is 0. The molecule has 9 N–H and O–H groups in total. The molecule has 5 nitrogen and oxygen atoms in total. The predicted octanol–water partition coefficient (Wildman–Crippen LogP) is -3.68. The Bertz CT molecular complexity index is 13.6. The van der Waals surface area contributed by atoms with Crippen molar-refractivity contribution < 1.29 is 95.2 Å². The number of hydrogen-bond donors (Lipinski definition) is 1. The van der Waals surface area contributed by atoms with Crippen LogP contribution in [-0.2, 0) is 68.3 Å². The van der Waals surface area contributed by atoms with Crippen molar-refractivity contribution in [1.29, 1.82) is 0 Å². The van der Waals surface area contributed by atoms with Crippen molar-refractivity contribution in [3.63, 3.8) is 0 Å². The Morgan fingerprint density at radius 3 is 0.600 bits per heavy atom. The van der Waals surface area contributed by atoms with Gasteiger partial charge in [0.2, 0.25) is 0 Å². The molecule has 0 saturated carbocycles. The Balaban J connectivity index is -0.000000000179. The summed E-state index contributed by atoms with van der Waals surface area (Å²) >= 11 is 0. The Hall–Kier alpha value is 3.14. The van der Waals surface area contributed by atoms with E-state index in [2.05, 4.69) is 0 Å². The molecule has 66 valence electrons. The van der Waals surface area contributed by atoms with E-state index in [1.165, 1.54) is 0 Å². The average Bonchev–Trinajstić information content (AvgIpc) is 1.00. The zero-order chi connectivity index (χ0) is 2.00. The first-order valence-corrected chi connectivity index (χ1v) is 0.224. The van der Waals surface area contributed by atoms with Crippen molar-refractivity contribution in [1.82, 2.24) is 0 Å². The molecule has 0 unspecified atom stereocenters. The van der Waals surface area contributed by atoms with Crippen LogP contribution in [0, 0.1) is 0 Å². The van der Waals surface area contributed by atoms with Crippen LogP contribution < -0.4 is 0 Å². The maximum atomic E-state index is 6.25. The first kappa shape index (κ1) is 113. The minimum Gasteiger partial charge on any atom is -0.412 e. The van der Waals surface area contributed by atoms with Gasteiger partial charge in [0.25, 0.3) is 0 Å². The zero-order valence-electron chi connectivity index (χ0n) is 4.67. The minimum atomic E-state index is 0. The van der Waals surface area contributed by atoms with E-state index in [0.29, 0.717) is 0 Å². The molecule has 0 aromatic heterocycles. The summed E-state index contributed by atoms with van der Waals surface area (Å²) in [6.07, 6.45) is 0. The average molecular weight is 349 g/mol. The summed E-state index contributed by atoms with van der Waals surface area (Å²) in [4.78, 5) is 0. The van der Waals surface area contributed by atoms with E-state index < -0.39 is 0 Å². The summed E-state index contributed by atoms with van der Waals surface area (Å²) in [5.74, 6) is 0. The second-order valence-electron chi connectivity index (χ2n) is 0. The first-order chi connectivity index (χ1) is 1.00. The molecule has 0 amide bonds. The maximum Gasteiger partial charge on any atom is 2.00 e. The van der Waals surface area contributed by atoms with Crippen LogP contribution in [0.4, 0.5) is 0 Å². The summed E-state index contributed by atoms with van der Waals surface area (Å²) in [6, 6.07) is 0. The van der Waals surface area contributed by atoms with Gasteiger partial charge in [0.05, 0.1) is 0 Å². The third kappa shape index (κ3) is 116. The third-order valence-electron chi connectivity index (χ3n) is 0. The van der Waals surface area contributed by atoms with Gasteiger partial charge in [-0.2, -0.15) is 0 Å². The van der Waals surface area contributed by atoms with Crippen LogP contribution in [0.3, 0.4) is 0 Å². The van der Waals surface area contributed by atoms with E-state index in [9.17, 15) is 0 Å². The second kappa shape index (κ2) is 153. The molecule has 0 fully saturated rings. The molecule has 0 bridgehead atoms. The van der Waals surface area contributed by atoms with Crippen molar-refractivity contribution in [2.24, 2.45) is 0 Å². The molecule has 10 heavy (non-hydrogen) atoms. The van der Waals surface area contributed by atoms with Gasteiger partial charge in [-0.05, 0) is 0 Å². The molecular weight excluding hydrogens is 340 g/mol. The molecule has 0 heterocycles. The van der Waals surface area contributed by atoms with Crippen LogP contribution in [-0.4, -0.2) is 64.7 Å². The molecule has 0 aromatic carbocycles. The standard InChI is InChI=1S/Ca.4Mn.H2O2.3H2O/c;;;;;1-2;;;/h;;;;;1-2H;3*1H2/q+2;;;;;;;;/p+1. The topological polar surface area (TPSA) is 138 Å². The minimum absolute atomic E-state index is 0. The van der Waals surface area contributed by atoms with Crippen LogP contribution in [0.2, 0.25) is 0 Å². The second-order valence-corrected chi connectivity index (χ2v) is 0. The number of rotatable bonds is 0. The smallest absolute Gasteiger partial charge is 0.412 e. The van der Waals surface area contributed by atoms with Crippen molar-refractivity contribution in [2.45, 2.75) is 0 Å². The predicted molar refractivity (Wildman–Crippen MR) is 22.8 cm³/mol. The van der Waals surface area contributed by atoms with Crippen molar-refractivity contribution in [3.8, 4) is 0 Å². The Labute approximate surface area is 131 Å². The van der Waals surface area contributed by atoms with Gasteiger partial charge in [0.15, 0.2) is 0 Å². The quantitative estimate of drug-likeness (QED) is 0.205. The summed E-state index contributed by atoms with van der Waals surface area (Å²) in [5, 5.41) is 11.0. The molecule has 0 aliphatic rings. The zero-order valence-corrected chi connectivity index (χ0v) is 11.6. The molecule has 0 aliphatic heterocycles. The number of hydrogen-bond acceptors (Lipinski definition) is 1. The molecule has 0 aromatic rings. The van der Waals surface area contributed by atoms with Crippen molar-refractivity contribution in [3.05, 3.63) is 0 Å². The SMILES string of the molecule is O.O.O.O[OH2+].[Ca+2].[Mn].[Mn].[Mn].[Mn]. The van der Waals surface area contributed by atoms with Crippen LogP contribution in [0.5, 0.6) is 0 Å². The van der Waals surface area contributed by atoms with Crippen LogP contribution in [0.15, 0.2) is 0 Å². The fraction of sp³-hybridized carbons (Fsp3) is 0. The largest absolute Gasteiger partial charge is 2.00 e. The molecule has 0 atom stereocenters. The maximum absolute atomic E-state index is 6.25. The van der Waals surface area contributed by atoms with E-state index in [-0.39, 0.29) is 122 Å². The normalized spacial score (nSPS) is 0.600. The summed E-state index contributed by atoms with van der Waals surface area (Å²) in [7, 11) is 0. The van der Waals surface area contributed by atoms with Gasteiger partial charge in [-0.3, -0.25) is 5.26 Å². The van der Waals surface area contributed by atoms with E-state index in [1.54, 1.807) is 0 Å². The van der Waals surface area contributed by atoms with Gasteiger partial charge in [0.1, 0.15) is 0 Å². The molecule has 0 saturated heterocycles. The molecule has 10 heteroatoms.